The Hall–Kier alpha value is -1.60. The van der Waals surface area contributed by atoms with Gasteiger partial charge in [0.05, 0.1) is 12.0 Å². The predicted molar refractivity (Wildman–Crippen MR) is 99.5 cm³/mol. The molecule has 6 nitrogen and oxygen atoms in total. The normalized spacial score (nSPS) is 22.7. The molecule has 26 heavy (non-hydrogen) atoms. The van der Waals surface area contributed by atoms with Gasteiger partial charge in [0.25, 0.3) is 0 Å². The molecule has 1 aliphatic heterocycles. The second kappa shape index (κ2) is 8.39. The molecule has 3 rings (SSSR count). The minimum atomic E-state index is -3.59. The van der Waals surface area contributed by atoms with Crippen LogP contribution in [0.1, 0.15) is 44.9 Å². The molecule has 1 unspecified atom stereocenters. The maximum atomic E-state index is 12.9. The number of piperidine rings is 1. The van der Waals surface area contributed by atoms with Gasteiger partial charge in [0.15, 0.2) is 0 Å². The summed E-state index contributed by atoms with van der Waals surface area (Å²) in [6.07, 6.45) is 6.90. The molecule has 0 aromatic heterocycles. The van der Waals surface area contributed by atoms with Crippen LogP contribution in [0.5, 0.6) is 5.75 Å². The summed E-state index contributed by atoms with van der Waals surface area (Å²) in [4.78, 5) is 12.7. The predicted octanol–water partition coefficient (Wildman–Crippen LogP) is 2.54. The molecule has 2 aliphatic rings. The molecule has 1 atom stereocenters. The number of hydrogen-bond donors (Lipinski definition) is 1. The largest absolute Gasteiger partial charge is 0.497 e. The maximum absolute atomic E-state index is 12.9. The SMILES string of the molecule is COc1cccc(S(=O)(=O)N2CCCC(NC(=O)C3CCCCC3)C2)c1. The highest BCUT2D eigenvalue weighted by Crippen LogP contribution is 2.26. The van der Waals surface area contributed by atoms with Gasteiger partial charge >= 0.3 is 0 Å². The molecule has 0 radical (unpaired) electrons. The summed E-state index contributed by atoms with van der Waals surface area (Å²) in [5.41, 5.74) is 0. The lowest BCUT2D eigenvalue weighted by molar-refractivity contribution is -0.126. The van der Waals surface area contributed by atoms with E-state index in [0.717, 1.165) is 38.5 Å². The van der Waals surface area contributed by atoms with Crippen molar-refractivity contribution >= 4 is 15.9 Å². The van der Waals surface area contributed by atoms with Crippen molar-refractivity contribution in [3.63, 3.8) is 0 Å². The smallest absolute Gasteiger partial charge is 0.243 e. The summed E-state index contributed by atoms with van der Waals surface area (Å²) in [5.74, 6) is 0.703. The topological polar surface area (TPSA) is 75.7 Å². The number of benzene rings is 1. The number of nitrogens with zero attached hydrogens (tertiary/aromatic N) is 1. The summed E-state index contributed by atoms with van der Waals surface area (Å²) in [6, 6.07) is 6.42. The van der Waals surface area contributed by atoms with E-state index >= 15 is 0 Å². The minimum absolute atomic E-state index is 0.0918. The van der Waals surface area contributed by atoms with Crippen LogP contribution in [0.2, 0.25) is 0 Å². The molecule has 1 amide bonds. The standard InChI is InChI=1S/C19H28N2O4S/c1-25-17-10-5-11-18(13-17)26(23,24)21-12-6-9-16(14-21)20-19(22)15-7-3-2-4-8-15/h5,10-11,13,15-16H,2-4,6-9,12,14H2,1H3,(H,20,22). The number of nitrogens with one attached hydrogen (secondary N) is 1. The third-order valence-electron chi connectivity index (χ3n) is 5.39. The van der Waals surface area contributed by atoms with Gasteiger partial charge in [-0.15, -0.1) is 0 Å². The van der Waals surface area contributed by atoms with Crippen LogP contribution in [0.4, 0.5) is 0 Å². The zero-order chi connectivity index (χ0) is 18.6. The van der Waals surface area contributed by atoms with E-state index in [1.807, 2.05) is 0 Å². The van der Waals surface area contributed by atoms with Gasteiger partial charge < -0.3 is 10.1 Å². The van der Waals surface area contributed by atoms with Crippen molar-refractivity contribution in [3.8, 4) is 5.75 Å². The lowest BCUT2D eigenvalue weighted by Gasteiger charge is -2.33. The summed E-state index contributed by atoms with van der Waals surface area (Å²) in [5, 5.41) is 3.09. The van der Waals surface area contributed by atoms with Crippen molar-refractivity contribution in [2.24, 2.45) is 5.92 Å². The third kappa shape index (κ3) is 4.38. The number of ether oxygens (including phenoxy) is 1. The molecule has 1 saturated heterocycles. The van der Waals surface area contributed by atoms with Crippen molar-refractivity contribution in [1.29, 1.82) is 0 Å². The molecule has 1 aromatic rings. The average molecular weight is 381 g/mol. The van der Waals surface area contributed by atoms with E-state index in [0.29, 0.717) is 18.8 Å². The highest BCUT2D eigenvalue weighted by Gasteiger charge is 2.32. The first-order chi connectivity index (χ1) is 12.5. The molecule has 1 heterocycles. The van der Waals surface area contributed by atoms with Crippen LogP contribution >= 0.6 is 0 Å². The van der Waals surface area contributed by atoms with Crippen molar-refractivity contribution in [2.45, 2.75) is 55.9 Å². The van der Waals surface area contributed by atoms with E-state index in [1.165, 1.54) is 17.8 Å². The Kier molecular flexibility index (Phi) is 6.19. The number of carbonyl (C=O) groups excluding carboxylic acids is 1. The summed E-state index contributed by atoms with van der Waals surface area (Å²) >= 11 is 0. The van der Waals surface area contributed by atoms with E-state index in [-0.39, 0.29) is 22.8 Å². The molecule has 1 N–H and O–H groups in total. The van der Waals surface area contributed by atoms with Crippen LogP contribution < -0.4 is 10.1 Å². The van der Waals surface area contributed by atoms with E-state index < -0.39 is 10.0 Å². The van der Waals surface area contributed by atoms with Crippen LogP contribution in [-0.2, 0) is 14.8 Å². The number of methoxy groups -OCH3 is 1. The van der Waals surface area contributed by atoms with Gasteiger partial charge in [0.1, 0.15) is 5.75 Å². The van der Waals surface area contributed by atoms with Gasteiger partial charge in [-0.05, 0) is 37.8 Å². The van der Waals surface area contributed by atoms with Crippen LogP contribution in [-0.4, -0.2) is 44.9 Å². The highest BCUT2D eigenvalue weighted by atomic mass is 32.2. The maximum Gasteiger partial charge on any atom is 0.243 e. The van der Waals surface area contributed by atoms with Gasteiger partial charge in [-0.25, -0.2) is 8.42 Å². The Balaban J connectivity index is 1.66. The number of rotatable bonds is 5. The van der Waals surface area contributed by atoms with Crippen molar-refractivity contribution in [1.82, 2.24) is 9.62 Å². The van der Waals surface area contributed by atoms with Gasteiger partial charge in [-0.2, -0.15) is 4.31 Å². The quantitative estimate of drug-likeness (QED) is 0.852. The van der Waals surface area contributed by atoms with Crippen LogP contribution in [0.25, 0.3) is 0 Å². The van der Waals surface area contributed by atoms with Crippen LogP contribution in [0.3, 0.4) is 0 Å². The second-order valence-electron chi connectivity index (χ2n) is 7.22. The Morgan fingerprint density at radius 3 is 2.65 bits per heavy atom. The molecular formula is C19H28N2O4S. The molecule has 1 aliphatic carbocycles. The summed E-state index contributed by atoms with van der Waals surface area (Å²) in [7, 11) is -2.07. The lowest BCUT2D eigenvalue weighted by atomic mass is 9.88. The van der Waals surface area contributed by atoms with Gasteiger partial charge in [-0.3, -0.25) is 4.79 Å². The van der Waals surface area contributed by atoms with E-state index in [2.05, 4.69) is 5.32 Å². The average Bonchev–Trinajstić information content (AvgIpc) is 2.69. The molecule has 0 bridgehead atoms. The van der Waals surface area contributed by atoms with Gasteiger partial charge in [-0.1, -0.05) is 25.3 Å². The van der Waals surface area contributed by atoms with Gasteiger partial charge in [0, 0.05) is 31.1 Å². The van der Waals surface area contributed by atoms with E-state index in [9.17, 15) is 13.2 Å². The van der Waals surface area contributed by atoms with Crippen molar-refractivity contribution in [2.75, 3.05) is 20.2 Å². The van der Waals surface area contributed by atoms with Crippen LogP contribution in [0.15, 0.2) is 29.2 Å². The monoisotopic (exact) mass is 380 g/mol. The van der Waals surface area contributed by atoms with Crippen molar-refractivity contribution in [3.05, 3.63) is 24.3 Å². The zero-order valence-electron chi connectivity index (χ0n) is 15.3. The molecule has 144 valence electrons. The first kappa shape index (κ1) is 19.2. The zero-order valence-corrected chi connectivity index (χ0v) is 16.1. The second-order valence-corrected chi connectivity index (χ2v) is 9.16. The molecule has 0 spiro atoms. The molecule has 1 aromatic carbocycles. The molecular weight excluding hydrogens is 352 g/mol. The number of sulfonamides is 1. The van der Waals surface area contributed by atoms with E-state index in [4.69, 9.17) is 4.74 Å². The molecule has 2 fully saturated rings. The fourth-order valence-corrected chi connectivity index (χ4v) is 5.43. The molecule has 7 heteroatoms. The number of amides is 1. The lowest BCUT2D eigenvalue weighted by Crippen LogP contribution is -2.50. The fraction of sp³-hybridized carbons (Fsp3) is 0.632. The summed E-state index contributed by atoms with van der Waals surface area (Å²) in [6.45, 7) is 0.813. The number of hydrogen-bond acceptors (Lipinski definition) is 4. The first-order valence-corrected chi connectivity index (χ1v) is 10.9. The highest BCUT2D eigenvalue weighted by molar-refractivity contribution is 7.89. The summed E-state index contributed by atoms with van der Waals surface area (Å²) < 4.78 is 32.5. The van der Waals surface area contributed by atoms with E-state index in [1.54, 1.807) is 24.3 Å². The minimum Gasteiger partial charge on any atom is -0.497 e. The van der Waals surface area contributed by atoms with Crippen molar-refractivity contribution < 1.29 is 17.9 Å². The number of carbonyl (C=O) groups is 1. The van der Waals surface area contributed by atoms with Crippen LogP contribution in [0, 0.1) is 5.92 Å². The van der Waals surface area contributed by atoms with Gasteiger partial charge in [0.2, 0.25) is 15.9 Å². The Bertz CT molecular complexity index is 729. The molecule has 1 saturated carbocycles. The Morgan fingerprint density at radius 1 is 1.15 bits per heavy atom. The Morgan fingerprint density at radius 2 is 1.92 bits per heavy atom. The fourth-order valence-electron chi connectivity index (χ4n) is 3.87. The Labute approximate surface area is 156 Å². The third-order valence-corrected chi connectivity index (χ3v) is 7.25. The first-order valence-electron chi connectivity index (χ1n) is 9.45.